The molecule has 3 aromatic rings. The van der Waals surface area contributed by atoms with E-state index in [0.717, 1.165) is 5.39 Å². The maximum atomic E-state index is 13.2. The van der Waals surface area contributed by atoms with Gasteiger partial charge in [0, 0.05) is 37.9 Å². The molecule has 0 bridgehead atoms. The number of rotatable bonds is 4. The topological polar surface area (TPSA) is 90.2 Å². The molecular formula is C19H17N5O2S. The van der Waals surface area contributed by atoms with Crippen LogP contribution in [-0.2, 0) is 10.0 Å². The van der Waals surface area contributed by atoms with Gasteiger partial charge in [-0.1, -0.05) is 36.4 Å². The minimum atomic E-state index is -3.64. The Labute approximate surface area is 157 Å². The van der Waals surface area contributed by atoms with Crippen LogP contribution in [0.25, 0.3) is 10.8 Å². The molecule has 0 radical (unpaired) electrons. The van der Waals surface area contributed by atoms with Crippen LogP contribution in [0.4, 0.5) is 5.82 Å². The normalized spacial score (nSPS) is 14.9. The van der Waals surface area contributed by atoms with Crippen molar-refractivity contribution in [2.75, 3.05) is 25.0 Å². The van der Waals surface area contributed by atoms with Gasteiger partial charge in [-0.05, 0) is 11.5 Å². The number of fused-ring (bicyclic) bond motifs is 1. The minimum Gasteiger partial charge on any atom is -0.351 e. The molecule has 0 atom stereocenters. The van der Waals surface area contributed by atoms with E-state index in [4.69, 9.17) is 5.26 Å². The molecule has 2 aromatic carbocycles. The summed E-state index contributed by atoms with van der Waals surface area (Å²) in [6.45, 7) is 0.932. The average Bonchev–Trinajstić information content (AvgIpc) is 2.66. The van der Waals surface area contributed by atoms with E-state index in [9.17, 15) is 8.42 Å². The Kier molecular flexibility index (Phi) is 4.26. The van der Waals surface area contributed by atoms with Gasteiger partial charge in [0.1, 0.15) is 6.07 Å². The van der Waals surface area contributed by atoms with Gasteiger partial charge in [0.15, 0.2) is 11.5 Å². The molecule has 0 spiro atoms. The van der Waals surface area contributed by atoms with Crippen molar-refractivity contribution in [1.82, 2.24) is 14.3 Å². The first kappa shape index (κ1) is 17.4. The van der Waals surface area contributed by atoms with Crippen molar-refractivity contribution in [2.45, 2.75) is 10.9 Å². The van der Waals surface area contributed by atoms with Crippen LogP contribution in [0, 0.1) is 11.3 Å². The van der Waals surface area contributed by atoms with Crippen LogP contribution >= 0.6 is 0 Å². The van der Waals surface area contributed by atoms with E-state index in [1.54, 1.807) is 19.2 Å². The maximum absolute atomic E-state index is 13.2. The van der Waals surface area contributed by atoms with E-state index < -0.39 is 10.0 Å². The molecule has 0 unspecified atom stereocenters. The van der Waals surface area contributed by atoms with E-state index >= 15 is 0 Å². The second kappa shape index (κ2) is 6.61. The Balaban J connectivity index is 1.58. The lowest BCUT2D eigenvalue weighted by molar-refractivity contribution is 0.309. The highest BCUT2D eigenvalue weighted by molar-refractivity contribution is 7.89. The fourth-order valence-electron chi connectivity index (χ4n) is 3.27. The molecule has 136 valence electrons. The van der Waals surface area contributed by atoms with Crippen LogP contribution in [-0.4, -0.2) is 48.9 Å². The molecule has 0 amide bonds. The van der Waals surface area contributed by atoms with Gasteiger partial charge >= 0.3 is 0 Å². The van der Waals surface area contributed by atoms with Gasteiger partial charge in [-0.15, -0.1) is 0 Å². The van der Waals surface area contributed by atoms with E-state index in [-0.39, 0.29) is 11.7 Å². The molecule has 8 heteroatoms. The lowest BCUT2D eigenvalue weighted by atomic mass is 10.1. The summed E-state index contributed by atoms with van der Waals surface area (Å²) < 4.78 is 27.8. The standard InChI is InChI=1S/C19H17N5O2S/c1-23(15-12-24(13-15)19-17(11-20)21-9-10-22-19)27(25,26)18-8-4-6-14-5-2-3-7-16(14)18/h2-10,15H,12-13H2,1H3. The molecule has 1 saturated heterocycles. The molecule has 1 fully saturated rings. The third kappa shape index (κ3) is 2.91. The van der Waals surface area contributed by atoms with E-state index in [1.807, 2.05) is 41.3 Å². The number of nitriles is 1. The lowest BCUT2D eigenvalue weighted by Gasteiger charge is -2.44. The monoisotopic (exact) mass is 379 g/mol. The highest BCUT2D eigenvalue weighted by Crippen LogP contribution is 2.29. The van der Waals surface area contributed by atoms with Crippen molar-refractivity contribution in [3.63, 3.8) is 0 Å². The zero-order chi connectivity index (χ0) is 19.0. The van der Waals surface area contributed by atoms with Crippen LogP contribution in [0.15, 0.2) is 59.8 Å². The number of likely N-dealkylation sites (N-methyl/N-ethyl adjacent to an activating group) is 1. The van der Waals surface area contributed by atoms with E-state index in [1.165, 1.54) is 16.7 Å². The van der Waals surface area contributed by atoms with Crippen molar-refractivity contribution in [1.29, 1.82) is 5.26 Å². The van der Waals surface area contributed by atoms with Crippen LogP contribution in [0.2, 0.25) is 0 Å². The molecule has 1 aliphatic heterocycles. The Morgan fingerprint density at radius 3 is 2.59 bits per heavy atom. The average molecular weight is 379 g/mol. The predicted octanol–water partition coefficient (Wildman–Crippen LogP) is 2.01. The molecule has 2 heterocycles. The quantitative estimate of drug-likeness (QED) is 0.689. The van der Waals surface area contributed by atoms with Crippen molar-refractivity contribution in [3.05, 3.63) is 60.6 Å². The SMILES string of the molecule is CN(C1CN(c2nccnc2C#N)C1)S(=O)(=O)c1cccc2ccccc12. The number of aromatic nitrogens is 2. The summed E-state index contributed by atoms with van der Waals surface area (Å²) in [5.74, 6) is 0.493. The molecule has 0 saturated carbocycles. The fourth-order valence-corrected chi connectivity index (χ4v) is 4.82. The highest BCUT2D eigenvalue weighted by Gasteiger charge is 2.38. The number of benzene rings is 2. The zero-order valence-electron chi connectivity index (χ0n) is 14.6. The van der Waals surface area contributed by atoms with Gasteiger partial charge < -0.3 is 4.90 Å². The van der Waals surface area contributed by atoms with Crippen LogP contribution in [0.1, 0.15) is 5.69 Å². The van der Waals surface area contributed by atoms with Gasteiger partial charge in [0.25, 0.3) is 0 Å². The predicted molar refractivity (Wildman–Crippen MR) is 102 cm³/mol. The smallest absolute Gasteiger partial charge is 0.243 e. The Morgan fingerprint density at radius 2 is 1.81 bits per heavy atom. The summed E-state index contributed by atoms with van der Waals surface area (Å²) >= 11 is 0. The van der Waals surface area contributed by atoms with Gasteiger partial charge in [0.05, 0.1) is 10.9 Å². The summed E-state index contributed by atoms with van der Waals surface area (Å²) in [6, 6.07) is 14.6. The summed E-state index contributed by atoms with van der Waals surface area (Å²) in [5, 5.41) is 10.8. The molecule has 0 aliphatic carbocycles. The van der Waals surface area contributed by atoms with Crippen molar-refractivity contribution >= 4 is 26.6 Å². The number of nitrogens with zero attached hydrogens (tertiary/aromatic N) is 5. The third-order valence-electron chi connectivity index (χ3n) is 4.87. The highest BCUT2D eigenvalue weighted by atomic mass is 32.2. The molecule has 27 heavy (non-hydrogen) atoms. The van der Waals surface area contributed by atoms with Crippen LogP contribution in [0.3, 0.4) is 0 Å². The fraction of sp³-hybridized carbons (Fsp3) is 0.211. The van der Waals surface area contributed by atoms with E-state index in [2.05, 4.69) is 9.97 Å². The van der Waals surface area contributed by atoms with E-state index in [0.29, 0.717) is 29.2 Å². The van der Waals surface area contributed by atoms with Crippen molar-refractivity contribution in [3.8, 4) is 6.07 Å². The third-order valence-corrected chi connectivity index (χ3v) is 6.84. The van der Waals surface area contributed by atoms with Gasteiger partial charge in [-0.25, -0.2) is 18.4 Å². The molecule has 1 aliphatic rings. The van der Waals surface area contributed by atoms with Gasteiger partial charge in [-0.3, -0.25) is 0 Å². The molecule has 4 rings (SSSR count). The first-order valence-corrected chi connectivity index (χ1v) is 9.88. The van der Waals surface area contributed by atoms with Gasteiger partial charge in [-0.2, -0.15) is 9.57 Å². The number of hydrogen-bond donors (Lipinski definition) is 0. The van der Waals surface area contributed by atoms with Crippen LogP contribution in [0.5, 0.6) is 0 Å². The maximum Gasteiger partial charge on any atom is 0.243 e. The second-order valence-corrected chi connectivity index (χ2v) is 8.36. The van der Waals surface area contributed by atoms with Crippen LogP contribution < -0.4 is 4.90 Å². The molecule has 0 N–H and O–H groups in total. The Hall–Kier alpha value is -3.02. The minimum absolute atomic E-state index is 0.192. The number of anilines is 1. The molecule has 1 aromatic heterocycles. The molecule has 7 nitrogen and oxygen atoms in total. The summed E-state index contributed by atoms with van der Waals surface area (Å²) in [5.41, 5.74) is 0.246. The molecular weight excluding hydrogens is 362 g/mol. The summed E-state index contributed by atoms with van der Waals surface area (Å²) in [7, 11) is -2.04. The largest absolute Gasteiger partial charge is 0.351 e. The lowest BCUT2D eigenvalue weighted by Crippen LogP contribution is -2.60. The Morgan fingerprint density at radius 1 is 1.11 bits per heavy atom. The second-order valence-electron chi connectivity index (χ2n) is 6.40. The first-order valence-electron chi connectivity index (χ1n) is 8.44. The van der Waals surface area contributed by atoms with Gasteiger partial charge in [0.2, 0.25) is 10.0 Å². The zero-order valence-corrected chi connectivity index (χ0v) is 15.5. The Bertz CT molecular complexity index is 1140. The van der Waals surface area contributed by atoms with Crippen molar-refractivity contribution in [2.24, 2.45) is 0 Å². The summed E-state index contributed by atoms with van der Waals surface area (Å²) in [4.78, 5) is 10.4. The van der Waals surface area contributed by atoms with Crippen molar-refractivity contribution < 1.29 is 8.42 Å². The number of sulfonamides is 1. The number of hydrogen-bond acceptors (Lipinski definition) is 6. The first-order chi connectivity index (χ1) is 13.0. The summed E-state index contributed by atoms with van der Waals surface area (Å²) in [6.07, 6.45) is 3.00.